The smallest absolute Gasteiger partial charge is 0.269 e. The molecular weight excluding hydrogens is 394 g/mol. The van der Waals surface area contributed by atoms with Crippen molar-refractivity contribution in [3.63, 3.8) is 0 Å². The van der Waals surface area contributed by atoms with E-state index in [0.717, 1.165) is 6.26 Å². The normalized spacial score (nSPS) is 10.6. The number of carbonyl (C=O) groups is 1. The Morgan fingerprint density at radius 1 is 1.24 bits per heavy atom. The van der Waals surface area contributed by atoms with Crippen molar-refractivity contribution in [3.05, 3.63) is 78.6 Å². The number of ether oxygens (including phenoxy) is 1. The molecule has 0 fully saturated rings. The van der Waals surface area contributed by atoms with Gasteiger partial charge < -0.3 is 9.15 Å². The standard InChI is InChI=1S/C17H10BrNO6/c18-12-5-10(8-24-14-3-1-13(2-4-14)19(22)23)17-15(6-12)16(21)11(7-20)9-25-17/h1-7,9H,8H2. The number of nitro benzene ring substituents is 1. The molecule has 3 aromatic rings. The molecule has 0 N–H and O–H groups in total. The van der Waals surface area contributed by atoms with Gasteiger partial charge in [0.2, 0.25) is 5.43 Å². The predicted octanol–water partition coefficient (Wildman–Crippen LogP) is 3.86. The van der Waals surface area contributed by atoms with Crippen LogP contribution in [-0.2, 0) is 6.61 Å². The van der Waals surface area contributed by atoms with Crippen molar-refractivity contribution in [3.8, 4) is 5.75 Å². The second-order valence-corrected chi connectivity index (χ2v) is 6.03. The van der Waals surface area contributed by atoms with Crippen LogP contribution in [0.15, 0.2) is 56.3 Å². The molecule has 0 spiro atoms. The number of fused-ring (bicyclic) bond motifs is 1. The Morgan fingerprint density at radius 3 is 2.60 bits per heavy atom. The Morgan fingerprint density at radius 2 is 1.96 bits per heavy atom. The summed E-state index contributed by atoms with van der Waals surface area (Å²) in [5.74, 6) is 0.436. The van der Waals surface area contributed by atoms with Crippen LogP contribution < -0.4 is 10.2 Å². The Bertz CT molecular complexity index is 1030. The lowest BCUT2D eigenvalue weighted by Gasteiger charge is -2.09. The minimum absolute atomic E-state index is 0.0346. The van der Waals surface area contributed by atoms with Crippen molar-refractivity contribution < 1.29 is 18.9 Å². The average molecular weight is 404 g/mol. The molecule has 0 saturated heterocycles. The summed E-state index contributed by atoms with van der Waals surface area (Å²) in [6, 6.07) is 8.95. The van der Waals surface area contributed by atoms with E-state index in [0.29, 0.717) is 27.7 Å². The molecule has 1 aromatic heterocycles. The Labute approximate surface area is 149 Å². The highest BCUT2D eigenvalue weighted by Crippen LogP contribution is 2.25. The van der Waals surface area contributed by atoms with E-state index in [9.17, 15) is 19.7 Å². The number of aldehydes is 1. The molecule has 0 aliphatic heterocycles. The largest absolute Gasteiger partial charge is 0.489 e. The lowest BCUT2D eigenvalue weighted by atomic mass is 10.1. The van der Waals surface area contributed by atoms with Crippen molar-refractivity contribution in [1.82, 2.24) is 0 Å². The van der Waals surface area contributed by atoms with Gasteiger partial charge in [0.15, 0.2) is 6.29 Å². The number of hydrogen-bond acceptors (Lipinski definition) is 6. The van der Waals surface area contributed by atoms with E-state index < -0.39 is 10.4 Å². The first-order valence-corrected chi connectivity index (χ1v) is 7.85. The summed E-state index contributed by atoms with van der Waals surface area (Å²) < 4.78 is 11.7. The third kappa shape index (κ3) is 3.43. The molecule has 1 heterocycles. The van der Waals surface area contributed by atoms with E-state index in [4.69, 9.17) is 9.15 Å². The van der Waals surface area contributed by atoms with Crippen LogP contribution >= 0.6 is 15.9 Å². The second-order valence-electron chi connectivity index (χ2n) is 5.12. The van der Waals surface area contributed by atoms with Gasteiger partial charge in [-0.05, 0) is 24.3 Å². The van der Waals surface area contributed by atoms with Crippen LogP contribution in [0.4, 0.5) is 5.69 Å². The van der Waals surface area contributed by atoms with Gasteiger partial charge in [-0.1, -0.05) is 15.9 Å². The van der Waals surface area contributed by atoms with Gasteiger partial charge >= 0.3 is 0 Å². The Hall–Kier alpha value is -3.00. The Balaban J connectivity index is 1.93. The van der Waals surface area contributed by atoms with Gasteiger partial charge in [0.05, 0.1) is 15.9 Å². The molecule has 126 valence electrons. The molecule has 25 heavy (non-hydrogen) atoms. The maximum Gasteiger partial charge on any atom is 0.269 e. The number of benzene rings is 2. The zero-order valence-electron chi connectivity index (χ0n) is 12.6. The molecule has 2 aromatic carbocycles. The molecule has 7 nitrogen and oxygen atoms in total. The predicted molar refractivity (Wildman–Crippen MR) is 93.0 cm³/mol. The third-order valence-corrected chi connectivity index (χ3v) is 3.97. The van der Waals surface area contributed by atoms with Gasteiger partial charge in [-0.15, -0.1) is 0 Å². The molecule has 0 unspecified atom stereocenters. The van der Waals surface area contributed by atoms with Crippen LogP contribution in [0.25, 0.3) is 11.0 Å². The fourth-order valence-corrected chi connectivity index (χ4v) is 2.81. The maximum atomic E-state index is 12.2. The van der Waals surface area contributed by atoms with Gasteiger partial charge in [0.25, 0.3) is 5.69 Å². The van der Waals surface area contributed by atoms with E-state index in [1.807, 2.05) is 0 Å². The van der Waals surface area contributed by atoms with E-state index in [2.05, 4.69) is 15.9 Å². The van der Waals surface area contributed by atoms with Crippen LogP contribution in [0.2, 0.25) is 0 Å². The van der Waals surface area contributed by atoms with Crippen LogP contribution in [0.3, 0.4) is 0 Å². The van der Waals surface area contributed by atoms with E-state index in [1.165, 1.54) is 24.3 Å². The van der Waals surface area contributed by atoms with Crippen LogP contribution in [-0.4, -0.2) is 11.2 Å². The molecule has 0 saturated carbocycles. The van der Waals surface area contributed by atoms with Crippen LogP contribution in [0.5, 0.6) is 5.75 Å². The molecule has 0 atom stereocenters. The molecular formula is C17H10BrNO6. The number of nitro groups is 1. The fraction of sp³-hybridized carbons (Fsp3) is 0.0588. The zero-order valence-corrected chi connectivity index (χ0v) is 14.2. The number of hydrogen-bond donors (Lipinski definition) is 0. The maximum absolute atomic E-state index is 12.2. The lowest BCUT2D eigenvalue weighted by Crippen LogP contribution is -2.09. The second kappa shape index (κ2) is 6.86. The molecule has 3 rings (SSSR count). The third-order valence-electron chi connectivity index (χ3n) is 3.51. The minimum atomic E-state index is -0.495. The lowest BCUT2D eigenvalue weighted by molar-refractivity contribution is -0.384. The summed E-state index contributed by atoms with van der Waals surface area (Å²) in [7, 11) is 0. The number of halogens is 1. The summed E-state index contributed by atoms with van der Waals surface area (Å²) >= 11 is 3.32. The van der Waals surface area contributed by atoms with Gasteiger partial charge in [-0.2, -0.15) is 0 Å². The van der Waals surface area contributed by atoms with Crippen molar-refractivity contribution in [1.29, 1.82) is 0 Å². The van der Waals surface area contributed by atoms with E-state index in [1.54, 1.807) is 12.1 Å². The van der Waals surface area contributed by atoms with Gasteiger partial charge in [-0.25, -0.2) is 0 Å². The summed E-state index contributed by atoms with van der Waals surface area (Å²) in [4.78, 5) is 33.3. The van der Waals surface area contributed by atoms with Gasteiger partial charge in [0.1, 0.15) is 24.2 Å². The van der Waals surface area contributed by atoms with Gasteiger partial charge in [0, 0.05) is 22.2 Å². The van der Waals surface area contributed by atoms with Crippen LogP contribution in [0, 0.1) is 10.1 Å². The highest BCUT2D eigenvalue weighted by molar-refractivity contribution is 9.10. The fourth-order valence-electron chi connectivity index (χ4n) is 2.30. The Kier molecular flexibility index (Phi) is 4.62. The first kappa shape index (κ1) is 16.8. The summed E-state index contributed by atoms with van der Waals surface area (Å²) in [5.41, 5.74) is 0.396. The summed E-state index contributed by atoms with van der Waals surface area (Å²) in [6.07, 6.45) is 1.56. The average Bonchev–Trinajstić information content (AvgIpc) is 2.61. The number of nitrogens with zero attached hydrogens (tertiary/aromatic N) is 1. The number of non-ortho nitro benzene ring substituents is 1. The minimum Gasteiger partial charge on any atom is -0.489 e. The monoisotopic (exact) mass is 403 g/mol. The van der Waals surface area contributed by atoms with Crippen molar-refractivity contribution in [2.45, 2.75) is 6.61 Å². The summed E-state index contributed by atoms with van der Waals surface area (Å²) in [6.45, 7) is 0.0805. The zero-order chi connectivity index (χ0) is 18.0. The first-order valence-electron chi connectivity index (χ1n) is 7.06. The van der Waals surface area contributed by atoms with Crippen LogP contribution in [0.1, 0.15) is 15.9 Å². The first-order chi connectivity index (χ1) is 12.0. The van der Waals surface area contributed by atoms with E-state index in [-0.39, 0.29) is 23.2 Å². The molecule has 0 aliphatic rings. The van der Waals surface area contributed by atoms with Crippen molar-refractivity contribution in [2.75, 3.05) is 0 Å². The highest BCUT2D eigenvalue weighted by atomic mass is 79.9. The quantitative estimate of drug-likeness (QED) is 0.364. The topological polar surface area (TPSA) is 99.7 Å². The highest BCUT2D eigenvalue weighted by Gasteiger charge is 2.13. The number of rotatable bonds is 5. The molecule has 0 radical (unpaired) electrons. The molecule has 0 aliphatic carbocycles. The van der Waals surface area contributed by atoms with E-state index >= 15 is 0 Å². The molecule has 0 amide bonds. The summed E-state index contributed by atoms with van der Waals surface area (Å²) in [5, 5.41) is 10.9. The van der Waals surface area contributed by atoms with Gasteiger partial charge in [-0.3, -0.25) is 19.7 Å². The van der Waals surface area contributed by atoms with Crippen molar-refractivity contribution >= 4 is 38.9 Å². The molecule has 0 bridgehead atoms. The SMILES string of the molecule is O=Cc1coc2c(COc3ccc([N+](=O)[O-])cc3)cc(Br)cc2c1=O. The number of carbonyl (C=O) groups excluding carboxylic acids is 1. The van der Waals surface area contributed by atoms with Crippen molar-refractivity contribution in [2.24, 2.45) is 0 Å². The molecule has 8 heteroatoms.